The first kappa shape index (κ1) is 15.3. The van der Waals surface area contributed by atoms with Crippen LogP contribution in [0.5, 0.6) is 5.75 Å². The van der Waals surface area contributed by atoms with Crippen molar-refractivity contribution >= 4 is 5.97 Å². The number of hydrogen-bond donors (Lipinski definition) is 0. The van der Waals surface area contributed by atoms with Crippen molar-refractivity contribution < 1.29 is 23.7 Å². The topological polar surface area (TPSA) is 54.0 Å². The summed E-state index contributed by atoms with van der Waals surface area (Å²) in [6.45, 7) is 2.59. The van der Waals surface area contributed by atoms with Gasteiger partial charge in [-0.1, -0.05) is 0 Å². The molecular weight excluding hydrogens is 284 g/mol. The molecule has 1 saturated heterocycles. The van der Waals surface area contributed by atoms with Crippen LogP contribution in [0.4, 0.5) is 0 Å². The Kier molecular flexibility index (Phi) is 4.10. The minimum Gasteiger partial charge on any atom is -0.497 e. The number of carbonyl (C=O) groups is 1. The Hall–Kier alpha value is -1.59. The number of esters is 1. The van der Waals surface area contributed by atoms with Gasteiger partial charge >= 0.3 is 5.97 Å². The molecule has 120 valence electrons. The van der Waals surface area contributed by atoms with Gasteiger partial charge in [0.2, 0.25) is 0 Å². The van der Waals surface area contributed by atoms with Gasteiger partial charge in [0, 0.05) is 12.8 Å². The van der Waals surface area contributed by atoms with E-state index in [1.807, 2.05) is 6.92 Å². The van der Waals surface area contributed by atoms with E-state index in [1.54, 1.807) is 31.4 Å². The van der Waals surface area contributed by atoms with Gasteiger partial charge in [0.15, 0.2) is 5.79 Å². The fourth-order valence-corrected chi connectivity index (χ4v) is 3.05. The molecule has 0 radical (unpaired) electrons. The number of ether oxygens (including phenoxy) is 4. The smallest absolute Gasteiger partial charge is 0.338 e. The van der Waals surface area contributed by atoms with Crippen LogP contribution in [0.15, 0.2) is 24.3 Å². The van der Waals surface area contributed by atoms with E-state index in [4.69, 9.17) is 18.9 Å². The van der Waals surface area contributed by atoms with Crippen LogP contribution in [0, 0.1) is 0 Å². The molecule has 2 aliphatic rings. The molecule has 0 aromatic heterocycles. The van der Waals surface area contributed by atoms with E-state index in [0.717, 1.165) is 25.7 Å². The maximum Gasteiger partial charge on any atom is 0.338 e. The summed E-state index contributed by atoms with van der Waals surface area (Å²) in [5.74, 6) is -0.0968. The van der Waals surface area contributed by atoms with Gasteiger partial charge in [0.1, 0.15) is 18.0 Å². The van der Waals surface area contributed by atoms with Gasteiger partial charge in [-0.3, -0.25) is 0 Å². The summed E-state index contributed by atoms with van der Waals surface area (Å²) < 4.78 is 22.4. The molecule has 1 aromatic carbocycles. The highest BCUT2D eigenvalue weighted by molar-refractivity contribution is 5.89. The standard InChI is InChI=1S/C17H22O5/c1-16(12-21-17(22-16)9-3-4-10-17)11-20-15(18)13-5-7-14(19-2)8-6-13/h5-8H,3-4,9-12H2,1-2H3/t16-/m1/s1. The van der Waals surface area contributed by atoms with Gasteiger partial charge in [-0.15, -0.1) is 0 Å². The Morgan fingerprint density at radius 1 is 1.23 bits per heavy atom. The fourth-order valence-electron chi connectivity index (χ4n) is 3.05. The SMILES string of the molecule is COc1ccc(C(=O)OC[C@]2(C)COC3(CCCC3)O2)cc1. The van der Waals surface area contributed by atoms with Crippen molar-refractivity contribution in [3.8, 4) is 5.75 Å². The average molecular weight is 306 g/mol. The van der Waals surface area contributed by atoms with Crippen LogP contribution >= 0.6 is 0 Å². The highest BCUT2D eigenvalue weighted by atomic mass is 16.8. The Bertz CT molecular complexity index is 532. The third-order valence-electron chi connectivity index (χ3n) is 4.27. The van der Waals surface area contributed by atoms with E-state index in [2.05, 4.69) is 0 Å². The number of hydrogen-bond acceptors (Lipinski definition) is 5. The highest BCUT2D eigenvalue weighted by Crippen LogP contribution is 2.43. The van der Waals surface area contributed by atoms with Crippen LogP contribution in [0.1, 0.15) is 43.0 Å². The lowest BCUT2D eigenvalue weighted by Gasteiger charge is -2.26. The Labute approximate surface area is 130 Å². The summed E-state index contributed by atoms with van der Waals surface area (Å²) >= 11 is 0. The minimum atomic E-state index is -0.563. The van der Waals surface area contributed by atoms with Crippen molar-refractivity contribution in [2.24, 2.45) is 0 Å². The largest absolute Gasteiger partial charge is 0.497 e. The first-order valence-electron chi connectivity index (χ1n) is 7.70. The van der Waals surface area contributed by atoms with E-state index in [0.29, 0.717) is 17.9 Å². The number of benzene rings is 1. The monoisotopic (exact) mass is 306 g/mol. The second-order valence-electron chi connectivity index (χ2n) is 6.26. The number of methoxy groups -OCH3 is 1. The van der Waals surface area contributed by atoms with Crippen molar-refractivity contribution in [3.05, 3.63) is 29.8 Å². The van der Waals surface area contributed by atoms with Crippen LogP contribution in [-0.4, -0.2) is 37.7 Å². The molecule has 1 heterocycles. The molecule has 0 unspecified atom stereocenters. The molecule has 2 fully saturated rings. The Morgan fingerprint density at radius 2 is 1.91 bits per heavy atom. The third-order valence-corrected chi connectivity index (χ3v) is 4.27. The van der Waals surface area contributed by atoms with E-state index in [9.17, 15) is 4.79 Å². The van der Waals surface area contributed by atoms with E-state index < -0.39 is 11.4 Å². The second kappa shape index (κ2) is 5.89. The van der Waals surface area contributed by atoms with Crippen LogP contribution in [-0.2, 0) is 14.2 Å². The normalized spacial score (nSPS) is 26.3. The summed E-state index contributed by atoms with van der Waals surface area (Å²) in [6, 6.07) is 6.85. The van der Waals surface area contributed by atoms with Gasteiger partial charge in [-0.2, -0.15) is 0 Å². The molecule has 1 atom stereocenters. The third kappa shape index (κ3) is 3.10. The predicted octanol–water partition coefficient (Wildman–Crippen LogP) is 2.93. The maximum absolute atomic E-state index is 12.1. The summed E-state index contributed by atoms with van der Waals surface area (Å²) in [6.07, 6.45) is 4.10. The Morgan fingerprint density at radius 3 is 2.55 bits per heavy atom. The van der Waals surface area contributed by atoms with E-state index >= 15 is 0 Å². The van der Waals surface area contributed by atoms with Crippen LogP contribution in [0.2, 0.25) is 0 Å². The van der Waals surface area contributed by atoms with Crippen LogP contribution in [0.3, 0.4) is 0 Å². The van der Waals surface area contributed by atoms with Gasteiger partial charge in [-0.05, 0) is 44.0 Å². The zero-order chi connectivity index (χ0) is 15.6. The molecular formula is C17H22O5. The summed E-state index contributed by atoms with van der Waals surface area (Å²) in [4.78, 5) is 12.1. The molecule has 5 nitrogen and oxygen atoms in total. The lowest BCUT2D eigenvalue weighted by molar-refractivity contribution is -0.185. The molecule has 1 saturated carbocycles. The van der Waals surface area contributed by atoms with Gasteiger partial charge in [-0.25, -0.2) is 4.79 Å². The maximum atomic E-state index is 12.1. The Balaban J connectivity index is 1.56. The average Bonchev–Trinajstić information content (AvgIpc) is 3.13. The van der Waals surface area contributed by atoms with E-state index in [-0.39, 0.29) is 12.6 Å². The van der Waals surface area contributed by atoms with Gasteiger partial charge < -0.3 is 18.9 Å². The lowest BCUT2D eigenvalue weighted by atomic mass is 10.1. The molecule has 1 aromatic rings. The van der Waals surface area contributed by atoms with E-state index in [1.165, 1.54) is 0 Å². The lowest BCUT2D eigenvalue weighted by Crippen LogP contribution is -2.37. The zero-order valence-electron chi connectivity index (χ0n) is 13.1. The summed E-state index contributed by atoms with van der Waals surface area (Å²) in [7, 11) is 1.59. The van der Waals surface area contributed by atoms with Crippen molar-refractivity contribution in [3.63, 3.8) is 0 Å². The van der Waals surface area contributed by atoms with Crippen LogP contribution in [0.25, 0.3) is 0 Å². The molecule has 1 aliphatic carbocycles. The molecule has 0 N–H and O–H groups in total. The van der Waals surface area contributed by atoms with Crippen molar-refractivity contribution in [1.29, 1.82) is 0 Å². The molecule has 0 amide bonds. The van der Waals surface area contributed by atoms with Crippen molar-refractivity contribution in [2.45, 2.75) is 44.0 Å². The van der Waals surface area contributed by atoms with Crippen molar-refractivity contribution in [2.75, 3.05) is 20.3 Å². The molecule has 0 bridgehead atoms. The molecule has 1 aliphatic heterocycles. The molecule has 5 heteroatoms. The summed E-state index contributed by atoms with van der Waals surface area (Å²) in [5, 5.41) is 0. The first-order chi connectivity index (χ1) is 10.5. The van der Waals surface area contributed by atoms with Gasteiger partial charge in [0.05, 0.1) is 19.3 Å². The first-order valence-corrected chi connectivity index (χ1v) is 7.70. The molecule has 1 spiro atoms. The molecule has 3 rings (SSSR count). The number of rotatable bonds is 4. The quantitative estimate of drug-likeness (QED) is 0.801. The fraction of sp³-hybridized carbons (Fsp3) is 0.588. The highest BCUT2D eigenvalue weighted by Gasteiger charge is 2.50. The van der Waals surface area contributed by atoms with Crippen LogP contribution < -0.4 is 4.74 Å². The summed E-state index contributed by atoms with van der Waals surface area (Å²) in [5.41, 5.74) is -0.0640. The number of carbonyl (C=O) groups excluding carboxylic acids is 1. The van der Waals surface area contributed by atoms with Gasteiger partial charge in [0.25, 0.3) is 0 Å². The minimum absolute atomic E-state index is 0.194. The zero-order valence-corrected chi connectivity index (χ0v) is 13.1. The molecule has 22 heavy (non-hydrogen) atoms. The second-order valence-corrected chi connectivity index (χ2v) is 6.26. The van der Waals surface area contributed by atoms with Crippen molar-refractivity contribution in [1.82, 2.24) is 0 Å². The predicted molar refractivity (Wildman–Crippen MR) is 79.9 cm³/mol.